The van der Waals surface area contributed by atoms with Crippen molar-refractivity contribution in [1.29, 1.82) is 0 Å². The maximum absolute atomic E-state index is 13.5. The Morgan fingerprint density at radius 3 is 1.51 bits per heavy atom. The van der Waals surface area contributed by atoms with E-state index in [2.05, 4.69) is 26.5 Å². The SMILES string of the molecule is CCCCCCC[C@@H](O)CC(=O)NCC(=O)N[C@@H](C(=O)N[C@@H](CO)C(=O)N[C@@H](C(=O)N[C@H](CCC/[N+]([O-])=N/O)C(=O)N[C@@H](CO)C(=O)N[C@H](CCC/[N+]([O-])=N/O)C(=O)O)[C@@H](C)O)[C@@H](O)C(=O)O. The molecule has 0 bridgehead atoms. The number of carboxylic acids is 2. The molecule has 382 valence electrons. The molecule has 7 amide bonds. The fourth-order valence-corrected chi connectivity index (χ4v) is 5.80. The van der Waals surface area contributed by atoms with Crippen molar-refractivity contribution in [2.75, 3.05) is 32.8 Å². The van der Waals surface area contributed by atoms with Crippen LogP contribution in [0, 0.1) is 10.4 Å². The van der Waals surface area contributed by atoms with Gasteiger partial charge >= 0.3 is 11.9 Å². The van der Waals surface area contributed by atoms with E-state index in [-0.39, 0.29) is 35.4 Å². The maximum atomic E-state index is 13.5. The maximum Gasteiger partial charge on any atom is 0.335 e. The summed E-state index contributed by atoms with van der Waals surface area (Å²) in [4.78, 5) is 114. The molecule has 0 aliphatic heterocycles. The molecule has 0 spiro atoms. The Bertz CT molecular complexity index is 1700. The van der Waals surface area contributed by atoms with Crippen molar-refractivity contribution in [3.63, 3.8) is 0 Å². The molecule has 0 unspecified atom stereocenters. The van der Waals surface area contributed by atoms with Crippen LogP contribution in [0.15, 0.2) is 10.6 Å². The first-order valence-electron chi connectivity index (χ1n) is 21.0. The van der Waals surface area contributed by atoms with Gasteiger partial charge in [0.05, 0.1) is 38.4 Å². The number of carbonyl (C=O) groups excluding carboxylic acids is 7. The summed E-state index contributed by atoms with van der Waals surface area (Å²) in [6.45, 7) is -1.37. The molecule has 0 radical (unpaired) electrons. The van der Waals surface area contributed by atoms with Gasteiger partial charge in [-0.1, -0.05) is 48.7 Å². The van der Waals surface area contributed by atoms with Gasteiger partial charge in [0.2, 0.25) is 41.4 Å². The number of carboxylic acid groups (broad SMARTS) is 2. The standard InChI is InChI=1S/C36H63N11O20/c1-3-4-5-6-7-10-20(51)15-25(52)37-16-26(53)42-28(29(54)36(62)63)34(59)41-24(18-49)32(57)43-27(19(2)50)33(58)38-21(11-8-13-46(66)44-64)30(55)40-23(17-48)31(56)39-22(35(60)61)12-9-14-47(67)45-65/h19-24,27-29,48-51,54,64-65H,3-18H2,1-2H3,(H,37,52)(H,38,58)(H,39,56)(H,40,55)(H,41,59)(H,42,53)(H,43,57)(H,60,61)(H,62,63)/b46-44-,47-45-/t19-,20-,21-,22-,23+,24+,27-,28-,29-/m1/s1. The third kappa shape index (κ3) is 24.5. The number of hydroxylamine groups is 2. The van der Waals surface area contributed by atoms with Gasteiger partial charge in [-0.2, -0.15) is 0 Å². The van der Waals surface area contributed by atoms with E-state index >= 15 is 0 Å². The predicted molar refractivity (Wildman–Crippen MR) is 220 cm³/mol. The lowest BCUT2D eigenvalue weighted by Crippen LogP contribution is -2.63. The molecule has 0 fully saturated rings. The zero-order valence-electron chi connectivity index (χ0n) is 36.8. The highest BCUT2D eigenvalue weighted by Crippen LogP contribution is 2.10. The molecule has 0 saturated carbocycles. The highest BCUT2D eigenvalue weighted by molar-refractivity contribution is 5.98. The number of rotatable bonds is 35. The second kappa shape index (κ2) is 33.0. The lowest BCUT2D eigenvalue weighted by Gasteiger charge is -2.28. The van der Waals surface area contributed by atoms with E-state index in [9.17, 15) is 89.3 Å². The van der Waals surface area contributed by atoms with Crippen LogP contribution in [0.4, 0.5) is 0 Å². The Morgan fingerprint density at radius 2 is 1.01 bits per heavy atom. The first-order valence-corrected chi connectivity index (χ1v) is 21.0. The van der Waals surface area contributed by atoms with Crippen molar-refractivity contribution >= 4 is 53.3 Å². The number of carbonyl (C=O) groups is 9. The first-order chi connectivity index (χ1) is 31.6. The Morgan fingerprint density at radius 1 is 0.552 bits per heavy atom. The van der Waals surface area contributed by atoms with Gasteiger partial charge in [-0.3, -0.25) is 33.6 Å². The molecular formula is C36H63N11O20. The Hall–Kier alpha value is -6.57. The average Bonchev–Trinajstić information content (AvgIpc) is 3.28. The van der Waals surface area contributed by atoms with Gasteiger partial charge in [0.15, 0.2) is 29.7 Å². The number of nitrogens with zero attached hydrogens (tertiary/aromatic N) is 4. The summed E-state index contributed by atoms with van der Waals surface area (Å²) < 4.78 is 0. The number of aliphatic hydroxyl groups excluding tert-OH is 5. The largest absolute Gasteiger partial charge is 0.597 e. The molecule has 0 aliphatic carbocycles. The van der Waals surface area contributed by atoms with Gasteiger partial charge in [0.25, 0.3) is 0 Å². The fourth-order valence-electron chi connectivity index (χ4n) is 5.80. The summed E-state index contributed by atoms with van der Waals surface area (Å²) in [6, 6.07) is -11.9. The van der Waals surface area contributed by atoms with E-state index in [0.717, 1.165) is 32.6 Å². The third-order valence-electron chi connectivity index (χ3n) is 9.50. The minimum atomic E-state index is -2.67. The summed E-state index contributed by atoms with van der Waals surface area (Å²) in [5.74, 6) is -12.6. The summed E-state index contributed by atoms with van der Waals surface area (Å²) in [5.41, 5.74) is 0. The van der Waals surface area contributed by atoms with Gasteiger partial charge in [0.1, 0.15) is 36.3 Å². The summed E-state index contributed by atoms with van der Waals surface area (Å²) in [6.07, 6.45) is -2.57. The molecule has 0 saturated heterocycles. The molecule has 9 atom stereocenters. The topological polar surface area (TPSA) is 497 Å². The zero-order valence-corrected chi connectivity index (χ0v) is 36.8. The van der Waals surface area contributed by atoms with Crippen molar-refractivity contribution in [3.05, 3.63) is 10.4 Å². The first kappa shape index (κ1) is 60.4. The van der Waals surface area contributed by atoms with Crippen LogP contribution in [0.5, 0.6) is 0 Å². The van der Waals surface area contributed by atoms with Crippen LogP contribution >= 0.6 is 0 Å². The second-order valence-electron chi connectivity index (χ2n) is 15.0. The summed E-state index contributed by atoms with van der Waals surface area (Å²) >= 11 is 0. The highest BCUT2D eigenvalue weighted by atomic mass is 16.6. The summed E-state index contributed by atoms with van der Waals surface area (Å²) in [5, 5.41) is 128. The highest BCUT2D eigenvalue weighted by Gasteiger charge is 2.38. The van der Waals surface area contributed by atoms with Crippen molar-refractivity contribution in [1.82, 2.24) is 37.2 Å². The number of amides is 7. The number of hydrogen-bond donors (Lipinski definition) is 16. The van der Waals surface area contributed by atoms with Crippen LogP contribution in [-0.4, -0.2) is 197 Å². The Labute approximate surface area is 382 Å². The molecule has 67 heavy (non-hydrogen) atoms. The van der Waals surface area contributed by atoms with Crippen molar-refractivity contribution < 1.29 is 99.0 Å². The summed E-state index contributed by atoms with van der Waals surface area (Å²) in [7, 11) is 0. The van der Waals surface area contributed by atoms with E-state index in [1.807, 2.05) is 28.2 Å². The van der Waals surface area contributed by atoms with Crippen molar-refractivity contribution in [2.24, 2.45) is 10.6 Å². The second-order valence-corrected chi connectivity index (χ2v) is 15.0. The normalized spacial score (nSPS) is 15.7. The van der Waals surface area contributed by atoms with Gasteiger partial charge in [0, 0.05) is 12.8 Å². The third-order valence-corrected chi connectivity index (χ3v) is 9.50. The van der Waals surface area contributed by atoms with E-state index in [1.165, 1.54) is 0 Å². The number of unbranched alkanes of at least 4 members (excludes halogenated alkanes) is 4. The lowest BCUT2D eigenvalue weighted by atomic mass is 10.1. The molecule has 0 heterocycles. The van der Waals surface area contributed by atoms with Crippen LogP contribution in [0.3, 0.4) is 0 Å². The molecule has 0 rings (SSSR count). The van der Waals surface area contributed by atoms with Gasteiger partial charge < -0.3 is 93.8 Å². The monoisotopic (exact) mass is 969 g/mol. The smallest absolute Gasteiger partial charge is 0.335 e. The van der Waals surface area contributed by atoms with E-state index in [4.69, 9.17) is 10.4 Å². The molecule has 31 heteroatoms. The van der Waals surface area contributed by atoms with Crippen LogP contribution in [0.2, 0.25) is 0 Å². The molecule has 0 aromatic heterocycles. The van der Waals surface area contributed by atoms with Crippen LogP contribution in [0.1, 0.15) is 84.5 Å². The fraction of sp³-hybridized carbons (Fsp3) is 0.750. The predicted octanol–water partition coefficient (Wildman–Crippen LogP) is -5.72. The molecule has 0 aromatic rings. The number of aliphatic hydroxyl groups is 5. The van der Waals surface area contributed by atoms with Crippen molar-refractivity contribution in [3.8, 4) is 0 Å². The van der Waals surface area contributed by atoms with Gasteiger partial charge in [-0.15, -0.1) is 0 Å². The van der Waals surface area contributed by atoms with E-state index < -0.39 is 147 Å². The Kier molecular flexibility index (Phi) is 29.8. The quantitative estimate of drug-likeness (QED) is 0.0122. The van der Waals surface area contributed by atoms with Gasteiger partial charge in [-0.25, -0.2) is 9.59 Å². The van der Waals surface area contributed by atoms with Crippen LogP contribution < -0.4 is 37.2 Å². The van der Waals surface area contributed by atoms with E-state index in [0.29, 0.717) is 12.8 Å². The average molecular weight is 970 g/mol. The van der Waals surface area contributed by atoms with Crippen LogP contribution in [0.25, 0.3) is 0 Å². The molecule has 31 nitrogen and oxygen atoms in total. The minimum absolute atomic E-state index is 0.169. The van der Waals surface area contributed by atoms with Crippen molar-refractivity contribution in [2.45, 2.75) is 139 Å². The lowest BCUT2D eigenvalue weighted by molar-refractivity contribution is -0.556. The minimum Gasteiger partial charge on any atom is -0.597 e. The Balaban J connectivity index is 6.01. The number of hydrogen-bond acceptors (Lipinski definition) is 18. The molecule has 0 aromatic carbocycles. The van der Waals surface area contributed by atoms with Gasteiger partial charge in [-0.05, 0) is 26.2 Å². The zero-order chi connectivity index (χ0) is 51.2. The number of aliphatic carboxylic acids is 2. The molecule has 0 aliphatic rings. The molecule has 16 N–H and O–H groups in total. The molecular weight excluding hydrogens is 906 g/mol. The van der Waals surface area contributed by atoms with Crippen LogP contribution in [-0.2, 0) is 43.2 Å². The van der Waals surface area contributed by atoms with E-state index in [1.54, 1.807) is 0 Å². The number of nitrogens with one attached hydrogen (secondary N) is 7.